The molecule has 4 rings (SSSR count). The number of esters is 1. The summed E-state index contributed by atoms with van der Waals surface area (Å²) in [4.78, 5) is 31.7. The molecule has 1 saturated heterocycles. The maximum absolute atomic E-state index is 13.1. The zero-order valence-electron chi connectivity index (χ0n) is 17.3. The highest BCUT2D eigenvalue weighted by molar-refractivity contribution is 7.91. The molecule has 1 amide bonds. The molecule has 30 heavy (non-hydrogen) atoms. The van der Waals surface area contributed by atoms with Crippen LogP contribution < -0.4 is 0 Å². The minimum Gasteiger partial charge on any atom is -0.452 e. The van der Waals surface area contributed by atoms with Gasteiger partial charge in [-0.25, -0.2) is 13.2 Å². The van der Waals surface area contributed by atoms with E-state index in [1.54, 1.807) is 7.05 Å². The normalized spacial score (nSPS) is 22.5. The van der Waals surface area contributed by atoms with Crippen LogP contribution in [-0.2, 0) is 32.2 Å². The predicted molar refractivity (Wildman–Crippen MR) is 113 cm³/mol. The summed E-state index contributed by atoms with van der Waals surface area (Å²) < 4.78 is 28.8. The van der Waals surface area contributed by atoms with Crippen LogP contribution in [0.1, 0.15) is 41.4 Å². The highest BCUT2D eigenvalue weighted by Crippen LogP contribution is 2.32. The van der Waals surface area contributed by atoms with Gasteiger partial charge in [-0.1, -0.05) is 25.1 Å². The summed E-state index contributed by atoms with van der Waals surface area (Å²) in [5.41, 5.74) is 3.09. The number of aromatic nitrogens is 1. The third kappa shape index (κ3) is 4.05. The third-order valence-electron chi connectivity index (χ3n) is 6.19. The number of aryl methyl sites for hydroxylation is 1. The lowest BCUT2D eigenvalue weighted by Gasteiger charge is -2.25. The molecule has 7 nitrogen and oxygen atoms in total. The topological polar surface area (TPSA) is 93.6 Å². The Balaban J connectivity index is 1.55. The Morgan fingerprint density at radius 1 is 1.23 bits per heavy atom. The lowest BCUT2D eigenvalue weighted by atomic mass is 9.84. The molecule has 2 atom stereocenters. The summed E-state index contributed by atoms with van der Waals surface area (Å²) in [6.07, 6.45) is 3.02. The van der Waals surface area contributed by atoms with Gasteiger partial charge in [-0.05, 0) is 43.2 Å². The second kappa shape index (κ2) is 7.98. The number of ether oxygens (including phenoxy) is 1. The molecule has 0 N–H and O–H groups in total. The van der Waals surface area contributed by atoms with Gasteiger partial charge in [-0.2, -0.15) is 0 Å². The number of para-hydroxylation sites is 1. The van der Waals surface area contributed by atoms with Crippen molar-refractivity contribution >= 4 is 32.6 Å². The minimum atomic E-state index is -3.10. The fourth-order valence-electron chi connectivity index (χ4n) is 4.38. The molecule has 1 aromatic carbocycles. The summed E-state index contributed by atoms with van der Waals surface area (Å²) in [5.74, 6) is -0.429. The molecule has 0 spiro atoms. The number of pyridine rings is 1. The van der Waals surface area contributed by atoms with Crippen molar-refractivity contribution in [2.24, 2.45) is 5.92 Å². The van der Waals surface area contributed by atoms with Gasteiger partial charge in [0.15, 0.2) is 16.4 Å². The average Bonchev–Trinajstić information content (AvgIpc) is 3.09. The van der Waals surface area contributed by atoms with Gasteiger partial charge >= 0.3 is 5.97 Å². The quantitative estimate of drug-likeness (QED) is 0.690. The largest absolute Gasteiger partial charge is 0.452 e. The number of carbonyl (C=O) groups excluding carboxylic acids is 2. The maximum Gasteiger partial charge on any atom is 0.339 e. The number of hydrogen-bond acceptors (Lipinski definition) is 6. The number of amides is 1. The molecule has 1 aromatic heterocycles. The Hall–Kier alpha value is -2.48. The molecule has 8 heteroatoms. The van der Waals surface area contributed by atoms with Crippen molar-refractivity contribution < 1.29 is 22.7 Å². The van der Waals surface area contributed by atoms with Crippen molar-refractivity contribution in [2.75, 3.05) is 25.2 Å². The number of fused-ring (bicyclic) bond motifs is 2. The molecule has 1 aliphatic heterocycles. The fourth-order valence-corrected chi connectivity index (χ4v) is 6.16. The van der Waals surface area contributed by atoms with E-state index in [9.17, 15) is 18.0 Å². The van der Waals surface area contributed by atoms with Crippen LogP contribution in [0.5, 0.6) is 0 Å². The third-order valence-corrected chi connectivity index (χ3v) is 7.94. The van der Waals surface area contributed by atoms with E-state index < -0.39 is 28.3 Å². The standard InChI is InChI=1S/C22H26N2O5S/c1-14-7-8-19-17(11-14)21(16-5-3-4-6-18(16)23-19)22(26)29-12-20(25)24(2)15-9-10-30(27,28)13-15/h3-6,14-15H,7-13H2,1-2H3/t14-,15+/m1/s1. The molecule has 2 heterocycles. The van der Waals surface area contributed by atoms with Crippen molar-refractivity contribution in [3.05, 3.63) is 41.1 Å². The molecule has 0 saturated carbocycles. The van der Waals surface area contributed by atoms with E-state index >= 15 is 0 Å². The molecular weight excluding hydrogens is 404 g/mol. The zero-order valence-corrected chi connectivity index (χ0v) is 18.1. The zero-order chi connectivity index (χ0) is 21.5. The van der Waals surface area contributed by atoms with E-state index in [4.69, 9.17) is 9.72 Å². The SMILES string of the molecule is C[C@@H]1CCc2nc3ccccc3c(C(=O)OCC(=O)N(C)[C@H]3CCS(=O)(=O)C3)c2C1. The highest BCUT2D eigenvalue weighted by atomic mass is 32.2. The van der Waals surface area contributed by atoms with Crippen LogP contribution >= 0.6 is 0 Å². The monoisotopic (exact) mass is 430 g/mol. The number of nitrogens with zero attached hydrogens (tertiary/aromatic N) is 2. The Morgan fingerprint density at radius 2 is 2.00 bits per heavy atom. The van der Waals surface area contributed by atoms with E-state index in [-0.39, 0.29) is 17.5 Å². The second-order valence-corrected chi connectivity index (χ2v) is 10.6. The lowest BCUT2D eigenvalue weighted by Crippen LogP contribution is -2.40. The van der Waals surface area contributed by atoms with E-state index in [0.29, 0.717) is 17.9 Å². The van der Waals surface area contributed by atoms with Gasteiger partial charge < -0.3 is 9.64 Å². The second-order valence-electron chi connectivity index (χ2n) is 8.41. The highest BCUT2D eigenvalue weighted by Gasteiger charge is 2.33. The van der Waals surface area contributed by atoms with Crippen molar-refractivity contribution in [2.45, 2.75) is 38.6 Å². The van der Waals surface area contributed by atoms with Gasteiger partial charge in [0.05, 0.1) is 22.6 Å². The first-order valence-electron chi connectivity index (χ1n) is 10.3. The minimum absolute atomic E-state index is 0.0381. The van der Waals surface area contributed by atoms with Crippen LogP contribution in [0.25, 0.3) is 10.9 Å². The molecule has 0 unspecified atom stereocenters. The number of hydrogen-bond donors (Lipinski definition) is 0. The van der Waals surface area contributed by atoms with E-state index in [1.165, 1.54) is 4.90 Å². The maximum atomic E-state index is 13.1. The molecule has 0 radical (unpaired) electrons. The number of rotatable bonds is 4. The first kappa shape index (κ1) is 20.8. The van der Waals surface area contributed by atoms with E-state index in [2.05, 4.69) is 6.92 Å². The van der Waals surface area contributed by atoms with Crippen LogP contribution in [0.3, 0.4) is 0 Å². The molecule has 2 aliphatic rings. The van der Waals surface area contributed by atoms with Gasteiger partial charge in [-0.15, -0.1) is 0 Å². The van der Waals surface area contributed by atoms with E-state index in [1.807, 2.05) is 24.3 Å². The number of benzene rings is 1. The van der Waals surface area contributed by atoms with E-state index in [0.717, 1.165) is 41.4 Å². The summed E-state index contributed by atoms with van der Waals surface area (Å²) in [5, 5.41) is 0.734. The van der Waals surface area contributed by atoms with Gasteiger partial charge in [0.25, 0.3) is 5.91 Å². The summed E-state index contributed by atoms with van der Waals surface area (Å²) in [7, 11) is -1.53. The van der Waals surface area contributed by atoms with Crippen molar-refractivity contribution in [1.82, 2.24) is 9.88 Å². The van der Waals surface area contributed by atoms with Crippen molar-refractivity contribution in [3.63, 3.8) is 0 Å². The van der Waals surface area contributed by atoms with Crippen LogP contribution in [0.15, 0.2) is 24.3 Å². The first-order valence-corrected chi connectivity index (χ1v) is 12.1. The molecule has 1 fully saturated rings. The summed E-state index contributed by atoms with van der Waals surface area (Å²) in [6.45, 7) is 1.74. The van der Waals surface area contributed by atoms with Gasteiger partial charge in [0, 0.05) is 24.2 Å². The van der Waals surface area contributed by atoms with Crippen molar-refractivity contribution in [1.29, 1.82) is 0 Å². The van der Waals surface area contributed by atoms with Crippen LogP contribution in [0.2, 0.25) is 0 Å². The number of carbonyl (C=O) groups is 2. The van der Waals surface area contributed by atoms with Gasteiger partial charge in [-0.3, -0.25) is 9.78 Å². The van der Waals surface area contributed by atoms with Crippen LogP contribution in [-0.4, -0.2) is 61.4 Å². The Morgan fingerprint density at radius 3 is 2.73 bits per heavy atom. The number of likely N-dealkylation sites (N-methyl/N-ethyl adjacent to an activating group) is 1. The molecule has 2 aromatic rings. The first-order chi connectivity index (χ1) is 14.2. The molecule has 160 valence electrons. The Bertz CT molecular complexity index is 1110. The van der Waals surface area contributed by atoms with Gasteiger partial charge in [0.2, 0.25) is 0 Å². The molecular formula is C22H26N2O5S. The molecule has 1 aliphatic carbocycles. The van der Waals surface area contributed by atoms with Crippen molar-refractivity contribution in [3.8, 4) is 0 Å². The number of sulfone groups is 1. The fraction of sp³-hybridized carbons (Fsp3) is 0.500. The summed E-state index contributed by atoms with van der Waals surface area (Å²) >= 11 is 0. The lowest BCUT2D eigenvalue weighted by molar-refractivity contribution is -0.134. The molecule has 0 bridgehead atoms. The smallest absolute Gasteiger partial charge is 0.339 e. The average molecular weight is 431 g/mol. The van der Waals surface area contributed by atoms with Gasteiger partial charge in [0.1, 0.15) is 0 Å². The Labute approximate surface area is 176 Å². The Kier molecular flexibility index (Phi) is 5.53. The predicted octanol–water partition coefficient (Wildman–Crippen LogP) is 2.16. The van der Waals surface area contributed by atoms with Crippen LogP contribution in [0.4, 0.5) is 0 Å². The van der Waals surface area contributed by atoms with Crippen LogP contribution in [0, 0.1) is 5.92 Å². The summed E-state index contributed by atoms with van der Waals surface area (Å²) in [6, 6.07) is 7.12.